The molecular weight excluding hydrogens is 458 g/mol. The Labute approximate surface area is 188 Å². The summed E-state index contributed by atoms with van der Waals surface area (Å²) in [6, 6.07) is 7.45. The van der Waals surface area contributed by atoms with Gasteiger partial charge in [0.25, 0.3) is 5.91 Å². The molecule has 3 aromatic heterocycles. The molecule has 0 spiro atoms. The van der Waals surface area contributed by atoms with Crippen molar-refractivity contribution in [1.82, 2.24) is 4.98 Å². The van der Waals surface area contributed by atoms with E-state index in [2.05, 4.69) is 10.3 Å². The van der Waals surface area contributed by atoms with Crippen LogP contribution in [0.4, 0.5) is 14.6 Å². The second-order valence-electron chi connectivity index (χ2n) is 6.58. The Morgan fingerprint density at radius 3 is 2.33 bits per heavy atom. The SMILES string of the molecule is COC(=O)c1cc2oc(C(=O)OC)c(-c3ccc(NC(=O)c4c(F)cccc4F)nc3)c2s1. The Morgan fingerprint density at radius 2 is 1.73 bits per heavy atom. The van der Waals surface area contributed by atoms with Crippen molar-refractivity contribution in [2.45, 2.75) is 0 Å². The fourth-order valence-electron chi connectivity index (χ4n) is 3.10. The first-order valence-corrected chi connectivity index (χ1v) is 10.1. The number of methoxy groups -OCH3 is 2. The molecule has 11 heteroatoms. The molecule has 3 heterocycles. The van der Waals surface area contributed by atoms with Crippen molar-refractivity contribution in [3.05, 3.63) is 70.4 Å². The summed E-state index contributed by atoms with van der Waals surface area (Å²) in [5.74, 6) is -4.39. The molecule has 0 radical (unpaired) electrons. The lowest BCUT2D eigenvalue weighted by Crippen LogP contribution is -2.16. The van der Waals surface area contributed by atoms with Gasteiger partial charge in [-0.05, 0) is 24.3 Å². The van der Waals surface area contributed by atoms with Crippen LogP contribution in [-0.2, 0) is 9.47 Å². The summed E-state index contributed by atoms with van der Waals surface area (Å²) in [5.41, 5.74) is 0.301. The van der Waals surface area contributed by atoms with E-state index in [1.165, 1.54) is 38.6 Å². The summed E-state index contributed by atoms with van der Waals surface area (Å²) in [5, 5.41) is 2.32. The zero-order valence-electron chi connectivity index (χ0n) is 17.1. The smallest absolute Gasteiger partial charge is 0.374 e. The molecule has 0 atom stereocenters. The van der Waals surface area contributed by atoms with E-state index in [4.69, 9.17) is 13.9 Å². The number of thiophene rings is 1. The van der Waals surface area contributed by atoms with Crippen LogP contribution in [0.15, 0.2) is 47.0 Å². The van der Waals surface area contributed by atoms with Gasteiger partial charge in [-0.1, -0.05) is 6.07 Å². The third kappa shape index (κ3) is 4.05. The number of nitrogens with one attached hydrogen (secondary N) is 1. The first-order chi connectivity index (χ1) is 15.8. The van der Waals surface area contributed by atoms with Gasteiger partial charge in [-0.3, -0.25) is 4.79 Å². The van der Waals surface area contributed by atoms with Gasteiger partial charge in [0.2, 0.25) is 5.76 Å². The number of benzene rings is 1. The van der Waals surface area contributed by atoms with Crippen LogP contribution in [0, 0.1) is 11.6 Å². The molecule has 0 fully saturated rings. The molecule has 0 unspecified atom stereocenters. The Kier molecular flexibility index (Phi) is 5.88. The predicted octanol–water partition coefficient (Wildman–Crippen LogP) is 4.66. The van der Waals surface area contributed by atoms with E-state index in [1.54, 1.807) is 0 Å². The number of rotatable bonds is 5. The second kappa shape index (κ2) is 8.79. The standard InChI is InChI=1S/C22H14F2N2O6S/c1-30-21(28)14-8-13-19(33-14)16(18(32-13)22(29)31-2)10-6-7-15(25-9-10)26-20(27)17-11(23)4-3-5-12(17)24/h3-9H,1-2H3,(H,25,26,27). The van der Waals surface area contributed by atoms with Crippen LogP contribution in [0.5, 0.6) is 0 Å². The average molecular weight is 472 g/mol. The van der Waals surface area contributed by atoms with E-state index >= 15 is 0 Å². The molecule has 0 aliphatic rings. The van der Waals surface area contributed by atoms with Gasteiger partial charge in [0.1, 0.15) is 33.5 Å². The second-order valence-corrected chi connectivity index (χ2v) is 7.63. The van der Waals surface area contributed by atoms with Crippen molar-refractivity contribution in [3.8, 4) is 11.1 Å². The fraction of sp³-hybridized carbons (Fsp3) is 0.0909. The lowest BCUT2D eigenvalue weighted by atomic mass is 10.1. The van der Waals surface area contributed by atoms with Gasteiger partial charge in [0, 0.05) is 17.8 Å². The van der Waals surface area contributed by atoms with Crippen molar-refractivity contribution in [1.29, 1.82) is 0 Å². The topological polar surface area (TPSA) is 108 Å². The molecule has 8 nitrogen and oxygen atoms in total. The Balaban J connectivity index is 1.70. The molecular formula is C22H14F2N2O6S. The molecule has 0 saturated carbocycles. The van der Waals surface area contributed by atoms with E-state index < -0.39 is 35.0 Å². The van der Waals surface area contributed by atoms with Gasteiger partial charge in [0.05, 0.1) is 24.5 Å². The van der Waals surface area contributed by atoms with Crippen LogP contribution in [-0.4, -0.2) is 37.0 Å². The predicted molar refractivity (Wildman–Crippen MR) is 114 cm³/mol. The van der Waals surface area contributed by atoms with E-state index in [9.17, 15) is 23.2 Å². The first kappa shape index (κ1) is 22.1. The Bertz CT molecular complexity index is 1370. The van der Waals surface area contributed by atoms with Crippen molar-refractivity contribution in [3.63, 3.8) is 0 Å². The minimum absolute atomic E-state index is 0.0205. The number of amides is 1. The molecule has 0 bridgehead atoms. The maximum absolute atomic E-state index is 13.8. The number of hydrogen-bond acceptors (Lipinski definition) is 8. The number of furan rings is 1. The summed E-state index contributed by atoms with van der Waals surface area (Å²) in [6.45, 7) is 0. The maximum Gasteiger partial charge on any atom is 0.374 e. The highest BCUT2D eigenvalue weighted by Crippen LogP contribution is 2.40. The van der Waals surface area contributed by atoms with E-state index in [0.29, 0.717) is 15.8 Å². The number of halogens is 2. The third-order valence-electron chi connectivity index (χ3n) is 4.61. The van der Waals surface area contributed by atoms with Gasteiger partial charge in [-0.2, -0.15) is 0 Å². The van der Waals surface area contributed by atoms with Crippen LogP contribution in [0.2, 0.25) is 0 Å². The zero-order chi connectivity index (χ0) is 23.7. The number of nitrogens with zero attached hydrogens (tertiary/aromatic N) is 1. The van der Waals surface area contributed by atoms with E-state index in [1.807, 2.05) is 0 Å². The Hall–Kier alpha value is -4.12. The number of ether oxygens (including phenoxy) is 2. The number of pyridine rings is 1. The highest BCUT2D eigenvalue weighted by atomic mass is 32.1. The number of carbonyl (C=O) groups is 3. The highest BCUT2D eigenvalue weighted by Gasteiger charge is 2.26. The molecule has 1 amide bonds. The molecule has 1 N–H and O–H groups in total. The Morgan fingerprint density at radius 1 is 1.03 bits per heavy atom. The van der Waals surface area contributed by atoms with Crippen molar-refractivity contribution in [2.24, 2.45) is 0 Å². The van der Waals surface area contributed by atoms with Crippen LogP contribution in [0.25, 0.3) is 21.4 Å². The number of hydrogen-bond donors (Lipinski definition) is 1. The monoisotopic (exact) mass is 472 g/mol. The third-order valence-corrected chi connectivity index (χ3v) is 5.72. The van der Waals surface area contributed by atoms with Gasteiger partial charge in [-0.25, -0.2) is 23.4 Å². The normalized spacial score (nSPS) is 10.8. The van der Waals surface area contributed by atoms with Gasteiger partial charge < -0.3 is 19.2 Å². The van der Waals surface area contributed by atoms with Gasteiger partial charge in [0.15, 0.2) is 0 Å². The molecule has 33 heavy (non-hydrogen) atoms. The lowest BCUT2D eigenvalue weighted by molar-refractivity contribution is 0.0567. The number of esters is 2. The molecule has 0 aliphatic heterocycles. The fourth-order valence-corrected chi connectivity index (χ4v) is 4.16. The number of fused-ring (bicyclic) bond motifs is 1. The van der Waals surface area contributed by atoms with Crippen molar-refractivity contribution < 1.29 is 37.1 Å². The minimum atomic E-state index is -1.01. The molecule has 0 aliphatic carbocycles. The summed E-state index contributed by atoms with van der Waals surface area (Å²) >= 11 is 1.06. The van der Waals surface area contributed by atoms with Crippen LogP contribution in [0.3, 0.4) is 0 Å². The lowest BCUT2D eigenvalue weighted by Gasteiger charge is -2.07. The molecule has 0 saturated heterocycles. The highest BCUT2D eigenvalue weighted by molar-refractivity contribution is 7.21. The maximum atomic E-state index is 13.8. The van der Waals surface area contributed by atoms with E-state index in [0.717, 1.165) is 29.5 Å². The number of anilines is 1. The number of aromatic nitrogens is 1. The van der Waals surface area contributed by atoms with Crippen molar-refractivity contribution in [2.75, 3.05) is 19.5 Å². The first-order valence-electron chi connectivity index (χ1n) is 9.28. The summed E-state index contributed by atoms with van der Waals surface area (Å²) in [7, 11) is 2.44. The number of carbonyl (C=O) groups excluding carboxylic acids is 3. The van der Waals surface area contributed by atoms with Crippen molar-refractivity contribution >= 4 is 45.3 Å². The van der Waals surface area contributed by atoms with Crippen LogP contribution in [0.1, 0.15) is 30.6 Å². The summed E-state index contributed by atoms with van der Waals surface area (Å²) in [4.78, 5) is 40.7. The quantitative estimate of drug-likeness (QED) is 0.421. The molecule has 4 rings (SSSR count). The molecule has 1 aromatic carbocycles. The van der Waals surface area contributed by atoms with Gasteiger partial charge >= 0.3 is 11.9 Å². The largest absolute Gasteiger partial charge is 0.465 e. The summed E-state index contributed by atoms with van der Waals surface area (Å²) < 4.78 is 43.3. The zero-order valence-corrected chi connectivity index (χ0v) is 17.9. The molecule has 4 aromatic rings. The van der Waals surface area contributed by atoms with Crippen LogP contribution >= 0.6 is 11.3 Å². The summed E-state index contributed by atoms with van der Waals surface area (Å²) in [6.07, 6.45) is 1.33. The van der Waals surface area contributed by atoms with E-state index in [-0.39, 0.29) is 22.0 Å². The molecule has 168 valence electrons. The minimum Gasteiger partial charge on any atom is -0.465 e. The van der Waals surface area contributed by atoms with Gasteiger partial charge in [-0.15, -0.1) is 11.3 Å². The average Bonchev–Trinajstić information content (AvgIpc) is 3.37. The van der Waals surface area contributed by atoms with Crippen LogP contribution < -0.4 is 5.32 Å².